The van der Waals surface area contributed by atoms with E-state index in [4.69, 9.17) is 4.74 Å². The molecular weight excluding hydrogens is 174 g/mol. The van der Waals surface area contributed by atoms with Gasteiger partial charge in [-0.15, -0.1) is 0 Å². The molecule has 0 aliphatic heterocycles. The molecule has 0 radical (unpaired) electrons. The molecule has 2 nitrogen and oxygen atoms in total. The van der Waals surface area contributed by atoms with E-state index >= 15 is 0 Å². The van der Waals surface area contributed by atoms with Gasteiger partial charge in [0.1, 0.15) is 0 Å². The van der Waals surface area contributed by atoms with E-state index in [1.807, 2.05) is 12.3 Å². The number of allylic oxidation sites excluding steroid dienone is 2. The van der Waals surface area contributed by atoms with Crippen LogP contribution < -0.4 is 10.6 Å². The first-order chi connectivity index (χ1) is 6.92. The molecule has 1 heterocycles. The van der Waals surface area contributed by atoms with Crippen LogP contribution in [0.4, 0.5) is 0 Å². The molecule has 72 valence electrons. The Morgan fingerprint density at radius 3 is 3.29 bits per heavy atom. The summed E-state index contributed by atoms with van der Waals surface area (Å²) in [6, 6.07) is 2.01. The van der Waals surface area contributed by atoms with Crippen molar-refractivity contribution in [3.63, 3.8) is 0 Å². The summed E-state index contributed by atoms with van der Waals surface area (Å²) in [7, 11) is 1.71. The van der Waals surface area contributed by atoms with E-state index in [1.165, 1.54) is 10.8 Å². The van der Waals surface area contributed by atoms with E-state index < -0.39 is 0 Å². The van der Waals surface area contributed by atoms with Crippen LogP contribution in [-0.4, -0.2) is 12.1 Å². The summed E-state index contributed by atoms with van der Waals surface area (Å²) in [5, 5.41) is 2.24. The highest BCUT2D eigenvalue weighted by Gasteiger charge is 1.97. The van der Waals surface area contributed by atoms with Crippen molar-refractivity contribution in [1.82, 2.24) is 4.98 Å². The fraction of sp³-hybridized carbons (Fsp3) is 0.250. The second kappa shape index (κ2) is 4.20. The van der Waals surface area contributed by atoms with E-state index in [2.05, 4.69) is 29.3 Å². The molecule has 1 aliphatic rings. The van der Waals surface area contributed by atoms with E-state index in [-0.39, 0.29) is 0 Å². The van der Waals surface area contributed by atoms with Gasteiger partial charge in [-0.05, 0) is 18.1 Å². The highest BCUT2D eigenvalue weighted by Crippen LogP contribution is 1.93. The van der Waals surface area contributed by atoms with Crippen molar-refractivity contribution >= 4 is 12.2 Å². The normalized spacial score (nSPS) is 13.8. The standard InChI is InChI=1S/C12H13NO/c1-14-9-10-7-8-13-12-6-4-2-3-5-11(10)12/h2-3,5-8H,4,9H2,1H3. The van der Waals surface area contributed by atoms with Crippen LogP contribution in [0.3, 0.4) is 0 Å². The average Bonchev–Trinajstić information content (AvgIpc) is 2.44. The van der Waals surface area contributed by atoms with Crippen LogP contribution in [0.2, 0.25) is 0 Å². The Morgan fingerprint density at radius 1 is 1.50 bits per heavy atom. The second-order valence-electron chi connectivity index (χ2n) is 3.24. The van der Waals surface area contributed by atoms with Gasteiger partial charge in [0, 0.05) is 18.5 Å². The van der Waals surface area contributed by atoms with E-state index in [9.17, 15) is 0 Å². The molecule has 14 heavy (non-hydrogen) atoms. The Hall–Kier alpha value is -1.41. The van der Waals surface area contributed by atoms with Crippen LogP contribution >= 0.6 is 0 Å². The molecular formula is C12H13NO. The number of methoxy groups -OCH3 is 1. The zero-order valence-corrected chi connectivity index (χ0v) is 8.23. The molecule has 0 fully saturated rings. The molecule has 0 amide bonds. The Kier molecular flexibility index (Phi) is 2.75. The first-order valence-corrected chi connectivity index (χ1v) is 4.71. The number of pyridine rings is 1. The van der Waals surface area contributed by atoms with Crippen molar-refractivity contribution in [3.05, 3.63) is 40.5 Å². The number of hydrogen-bond acceptors (Lipinski definition) is 2. The first-order valence-electron chi connectivity index (χ1n) is 4.71. The number of fused-ring (bicyclic) bond motifs is 1. The maximum Gasteiger partial charge on any atom is 0.0720 e. The molecule has 2 rings (SSSR count). The molecule has 0 saturated heterocycles. The topological polar surface area (TPSA) is 22.1 Å². The number of hydrogen-bond donors (Lipinski definition) is 0. The summed E-state index contributed by atoms with van der Waals surface area (Å²) >= 11 is 0. The van der Waals surface area contributed by atoms with Crippen molar-refractivity contribution in [1.29, 1.82) is 0 Å². The molecule has 0 spiro atoms. The predicted molar refractivity (Wildman–Crippen MR) is 56.9 cm³/mol. The fourth-order valence-electron chi connectivity index (χ4n) is 1.59. The van der Waals surface area contributed by atoms with Gasteiger partial charge in [0.15, 0.2) is 0 Å². The van der Waals surface area contributed by atoms with Crippen molar-refractivity contribution in [2.75, 3.05) is 7.11 Å². The highest BCUT2D eigenvalue weighted by molar-refractivity contribution is 5.44. The van der Waals surface area contributed by atoms with Gasteiger partial charge in [-0.2, -0.15) is 0 Å². The lowest BCUT2D eigenvalue weighted by Crippen LogP contribution is -2.31. The van der Waals surface area contributed by atoms with Crippen LogP contribution in [0, 0.1) is 0 Å². The monoisotopic (exact) mass is 187 g/mol. The van der Waals surface area contributed by atoms with Gasteiger partial charge in [0.25, 0.3) is 0 Å². The van der Waals surface area contributed by atoms with Gasteiger partial charge in [-0.3, -0.25) is 4.98 Å². The lowest BCUT2D eigenvalue weighted by molar-refractivity contribution is 0.184. The van der Waals surface area contributed by atoms with E-state index in [0.29, 0.717) is 6.61 Å². The van der Waals surface area contributed by atoms with Crippen molar-refractivity contribution in [3.8, 4) is 0 Å². The first kappa shape index (κ1) is 9.16. The summed E-state index contributed by atoms with van der Waals surface area (Å²) in [6.45, 7) is 0.642. The average molecular weight is 187 g/mol. The minimum Gasteiger partial charge on any atom is -0.380 e. The molecule has 1 aliphatic carbocycles. The minimum absolute atomic E-state index is 0.642. The lowest BCUT2D eigenvalue weighted by Gasteiger charge is -2.00. The van der Waals surface area contributed by atoms with Gasteiger partial charge < -0.3 is 4.74 Å². The molecule has 1 aromatic rings. The van der Waals surface area contributed by atoms with E-state index in [1.54, 1.807) is 7.11 Å². The highest BCUT2D eigenvalue weighted by atomic mass is 16.5. The summed E-state index contributed by atoms with van der Waals surface area (Å²) in [5.74, 6) is 0. The smallest absolute Gasteiger partial charge is 0.0720 e. The number of aromatic nitrogens is 1. The lowest BCUT2D eigenvalue weighted by atomic mass is 10.2. The molecule has 0 saturated carbocycles. The van der Waals surface area contributed by atoms with Crippen molar-refractivity contribution in [2.24, 2.45) is 0 Å². The SMILES string of the molecule is COCc1ccnc2c1=CC=CCC=2. The number of ether oxygens (including phenoxy) is 1. The molecule has 2 heteroatoms. The number of rotatable bonds is 2. The van der Waals surface area contributed by atoms with Crippen molar-refractivity contribution in [2.45, 2.75) is 13.0 Å². The van der Waals surface area contributed by atoms with Crippen LogP contribution in [0.1, 0.15) is 12.0 Å². The predicted octanol–water partition coefficient (Wildman–Crippen LogP) is 0.749. The third-order valence-corrected chi connectivity index (χ3v) is 2.26. The molecule has 0 N–H and O–H groups in total. The van der Waals surface area contributed by atoms with Gasteiger partial charge >= 0.3 is 0 Å². The molecule has 0 unspecified atom stereocenters. The largest absolute Gasteiger partial charge is 0.380 e. The summed E-state index contributed by atoms with van der Waals surface area (Å²) in [6.07, 6.45) is 11.2. The Morgan fingerprint density at radius 2 is 2.43 bits per heavy atom. The fourth-order valence-corrected chi connectivity index (χ4v) is 1.59. The second-order valence-corrected chi connectivity index (χ2v) is 3.24. The maximum atomic E-state index is 5.15. The Labute approximate surface area is 83.2 Å². The van der Waals surface area contributed by atoms with Gasteiger partial charge in [0.2, 0.25) is 0 Å². The minimum atomic E-state index is 0.642. The van der Waals surface area contributed by atoms with E-state index in [0.717, 1.165) is 11.8 Å². The molecule has 1 aromatic heterocycles. The van der Waals surface area contributed by atoms with Crippen LogP contribution in [0.15, 0.2) is 24.4 Å². The summed E-state index contributed by atoms with van der Waals surface area (Å²) in [4.78, 5) is 4.34. The Balaban J connectivity index is 2.64. The van der Waals surface area contributed by atoms with Crippen LogP contribution in [0.5, 0.6) is 0 Å². The maximum absolute atomic E-state index is 5.15. The zero-order valence-electron chi connectivity index (χ0n) is 8.23. The van der Waals surface area contributed by atoms with Crippen LogP contribution in [0.25, 0.3) is 12.2 Å². The molecule has 0 aromatic carbocycles. The third-order valence-electron chi connectivity index (χ3n) is 2.26. The van der Waals surface area contributed by atoms with Crippen molar-refractivity contribution < 1.29 is 4.74 Å². The molecule has 0 atom stereocenters. The van der Waals surface area contributed by atoms with Gasteiger partial charge in [0.05, 0.1) is 12.0 Å². The third kappa shape index (κ3) is 1.75. The quantitative estimate of drug-likeness (QED) is 0.681. The van der Waals surface area contributed by atoms with Gasteiger partial charge in [-0.25, -0.2) is 0 Å². The van der Waals surface area contributed by atoms with Gasteiger partial charge in [-0.1, -0.05) is 24.3 Å². The summed E-state index contributed by atoms with van der Waals surface area (Å²) in [5.41, 5.74) is 1.19. The zero-order chi connectivity index (χ0) is 9.80. The molecule has 0 bridgehead atoms. The number of nitrogens with zero attached hydrogens (tertiary/aromatic N) is 1. The summed E-state index contributed by atoms with van der Waals surface area (Å²) < 4.78 is 5.15. The van der Waals surface area contributed by atoms with Crippen LogP contribution in [-0.2, 0) is 11.3 Å². The Bertz CT molecular complexity index is 460.